The smallest absolute Gasteiger partial charge is 0.222 e. The zero-order valence-electron chi connectivity index (χ0n) is 13.4. The third-order valence-corrected chi connectivity index (χ3v) is 5.74. The maximum absolute atomic E-state index is 13.2. The predicted octanol–water partition coefficient (Wildman–Crippen LogP) is 3.90. The molecule has 0 aliphatic rings. The Balaban J connectivity index is 2.26. The van der Waals surface area contributed by atoms with Crippen LogP contribution in [-0.4, -0.2) is 19.9 Å². The van der Waals surface area contributed by atoms with Crippen LogP contribution < -0.4 is 4.74 Å². The lowest BCUT2D eigenvalue weighted by Crippen LogP contribution is -2.08. The van der Waals surface area contributed by atoms with Crippen molar-refractivity contribution in [1.82, 2.24) is 4.40 Å². The molecular weight excluding hydrogens is 310 g/mol. The summed E-state index contributed by atoms with van der Waals surface area (Å²) in [6, 6.07) is 14.1. The van der Waals surface area contributed by atoms with Gasteiger partial charge in [-0.2, -0.15) is 0 Å². The Labute approximate surface area is 136 Å². The first-order chi connectivity index (χ1) is 10.9. The van der Waals surface area contributed by atoms with Crippen molar-refractivity contribution in [3.63, 3.8) is 0 Å². The van der Waals surface area contributed by atoms with Crippen molar-refractivity contribution < 1.29 is 13.2 Å². The Kier molecular flexibility index (Phi) is 3.90. The first-order valence-electron chi connectivity index (χ1n) is 7.44. The predicted molar refractivity (Wildman–Crippen MR) is 89.9 cm³/mol. The average Bonchev–Trinajstić information content (AvgIpc) is 2.95. The fraction of sp³-hybridized carbons (Fsp3) is 0.222. The van der Waals surface area contributed by atoms with Gasteiger partial charge in [-0.25, -0.2) is 8.42 Å². The lowest BCUT2D eigenvalue weighted by molar-refractivity contribution is 0.414. The summed E-state index contributed by atoms with van der Waals surface area (Å²) in [5, 5.41) is 0.341. The molecule has 3 aromatic rings. The molecule has 3 rings (SSSR count). The standard InChI is InChI=1S/C18H19NO3S/c1-13(2)17-12-14-6-4-5-11-19(14)18(17)23(20,21)16-9-7-15(22-3)8-10-16/h4-13H,1-3H3. The molecule has 0 fully saturated rings. The summed E-state index contributed by atoms with van der Waals surface area (Å²) < 4.78 is 33.2. The molecule has 23 heavy (non-hydrogen) atoms. The summed E-state index contributed by atoms with van der Waals surface area (Å²) >= 11 is 0. The van der Waals surface area contributed by atoms with E-state index in [4.69, 9.17) is 4.74 Å². The van der Waals surface area contributed by atoms with E-state index in [0.29, 0.717) is 10.8 Å². The fourth-order valence-electron chi connectivity index (χ4n) is 2.68. The Morgan fingerprint density at radius 2 is 1.74 bits per heavy atom. The second-order valence-corrected chi connectivity index (χ2v) is 7.60. The normalized spacial score (nSPS) is 12.0. The van der Waals surface area contributed by atoms with E-state index < -0.39 is 9.84 Å². The summed E-state index contributed by atoms with van der Waals surface area (Å²) in [5.41, 5.74) is 1.70. The maximum Gasteiger partial charge on any atom is 0.222 e. The van der Waals surface area contributed by atoms with Gasteiger partial charge in [0.05, 0.1) is 12.0 Å². The lowest BCUT2D eigenvalue weighted by atomic mass is 10.1. The van der Waals surface area contributed by atoms with Crippen LogP contribution in [0.1, 0.15) is 25.3 Å². The van der Waals surface area contributed by atoms with E-state index in [0.717, 1.165) is 11.1 Å². The highest BCUT2D eigenvalue weighted by atomic mass is 32.2. The number of sulfone groups is 1. The molecule has 0 bridgehead atoms. The molecule has 0 amide bonds. The van der Waals surface area contributed by atoms with Crippen LogP contribution in [0.3, 0.4) is 0 Å². The van der Waals surface area contributed by atoms with Crippen LogP contribution >= 0.6 is 0 Å². The summed E-state index contributed by atoms with van der Waals surface area (Å²) in [4.78, 5) is 0.268. The van der Waals surface area contributed by atoms with E-state index in [9.17, 15) is 8.42 Å². The minimum atomic E-state index is -3.62. The number of fused-ring (bicyclic) bond motifs is 1. The number of methoxy groups -OCH3 is 1. The van der Waals surface area contributed by atoms with E-state index in [1.165, 1.54) is 0 Å². The molecule has 0 atom stereocenters. The lowest BCUT2D eigenvalue weighted by Gasteiger charge is -2.11. The van der Waals surface area contributed by atoms with Crippen LogP contribution in [0.15, 0.2) is 64.6 Å². The number of aromatic nitrogens is 1. The summed E-state index contributed by atoms with van der Waals surface area (Å²) in [5.74, 6) is 0.742. The van der Waals surface area contributed by atoms with Crippen LogP contribution in [0.2, 0.25) is 0 Å². The molecule has 0 unspecified atom stereocenters. The molecule has 0 saturated carbocycles. The Morgan fingerprint density at radius 3 is 2.35 bits per heavy atom. The molecule has 0 spiro atoms. The molecule has 4 nitrogen and oxygen atoms in total. The number of nitrogens with zero attached hydrogens (tertiary/aromatic N) is 1. The molecule has 5 heteroatoms. The zero-order valence-corrected chi connectivity index (χ0v) is 14.2. The van der Waals surface area contributed by atoms with Crippen molar-refractivity contribution in [2.24, 2.45) is 0 Å². The Morgan fingerprint density at radius 1 is 1.04 bits per heavy atom. The van der Waals surface area contributed by atoms with Gasteiger partial charge in [0.25, 0.3) is 0 Å². The second-order valence-electron chi connectivity index (χ2n) is 5.73. The van der Waals surface area contributed by atoms with Crippen LogP contribution in [-0.2, 0) is 9.84 Å². The SMILES string of the molecule is COc1ccc(S(=O)(=O)c2c(C(C)C)cc3ccccn23)cc1. The van der Waals surface area contributed by atoms with Crippen molar-refractivity contribution in [2.75, 3.05) is 7.11 Å². The third-order valence-electron chi connectivity index (χ3n) is 3.91. The van der Waals surface area contributed by atoms with Gasteiger partial charge in [0.1, 0.15) is 10.8 Å². The van der Waals surface area contributed by atoms with Crippen molar-refractivity contribution >= 4 is 15.4 Å². The van der Waals surface area contributed by atoms with Gasteiger partial charge in [-0.1, -0.05) is 19.9 Å². The van der Waals surface area contributed by atoms with Gasteiger partial charge in [0.15, 0.2) is 0 Å². The topological polar surface area (TPSA) is 47.8 Å². The average molecular weight is 329 g/mol. The van der Waals surface area contributed by atoms with Crippen molar-refractivity contribution in [3.05, 3.63) is 60.3 Å². The van der Waals surface area contributed by atoms with Gasteiger partial charge < -0.3 is 9.14 Å². The maximum atomic E-state index is 13.2. The number of pyridine rings is 1. The molecule has 0 N–H and O–H groups in total. The number of hydrogen-bond acceptors (Lipinski definition) is 3. The van der Waals surface area contributed by atoms with Crippen LogP contribution in [0.4, 0.5) is 0 Å². The highest BCUT2D eigenvalue weighted by molar-refractivity contribution is 7.91. The zero-order chi connectivity index (χ0) is 16.6. The van der Waals surface area contributed by atoms with E-state index in [1.54, 1.807) is 42.0 Å². The van der Waals surface area contributed by atoms with Gasteiger partial charge in [0, 0.05) is 11.7 Å². The van der Waals surface area contributed by atoms with Crippen molar-refractivity contribution in [1.29, 1.82) is 0 Å². The molecule has 0 aliphatic heterocycles. The van der Waals surface area contributed by atoms with Gasteiger partial charge >= 0.3 is 0 Å². The molecule has 0 radical (unpaired) electrons. The van der Waals surface area contributed by atoms with Crippen LogP contribution in [0.5, 0.6) is 5.75 Å². The minimum Gasteiger partial charge on any atom is -0.497 e. The molecule has 0 aliphatic carbocycles. The summed E-state index contributed by atoms with van der Waals surface area (Å²) in [7, 11) is -2.06. The van der Waals surface area contributed by atoms with E-state index in [2.05, 4.69) is 0 Å². The van der Waals surface area contributed by atoms with Gasteiger partial charge in [-0.3, -0.25) is 0 Å². The summed E-state index contributed by atoms with van der Waals surface area (Å²) in [6.45, 7) is 4.00. The van der Waals surface area contributed by atoms with Crippen LogP contribution in [0.25, 0.3) is 5.52 Å². The first-order valence-corrected chi connectivity index (χ1v) is 8.92. The number of rotatable bonds is 4. The van der Waals surface area contributed by atoms with E-state index in [1.807, 2.05) is 38.1 Å². The second kappa shape index (κ2) is 5.74. The highest BCUT2D eigenvalue weighted by Gasteiger charge is 2.26. The van der Waals surface area contributed by atoms with E-state index >= 15 is 0 Å². The number of ether oxygens (including phenoxy) is 1. The minimum absolute atomic E-state index is 0.109. The molecule has 120 valence electrons. The van der Waals surface area contributed by atoms with Crippen LogP contribution in [0, 0.1) is 0 Å². The molecule has 0 saturated heterocycles. The molecule has 2 aromatic heterocycles. The highest BCUT2D eigenvalue weighted by Crippen LogP contribution is 2.32. The first kappa shape index (κ1) is 15.6. The third kappa shape index (κ3) is 2.61. The Hall–Kier alpha value is -2.27. The quantitative estimate of drug-likeness (QED) is 0.729. The van der Waals surface area contributed by atoms with Crippen molar-refractivity contribution in [2.45, 2.75) is 29.7 Å². The van der Waals surface area contributed by atoms with E-state index in [-0.39, 0.29) is 10.8 Å². The Bertz CT molecular complexity index is 938. The van der Waals surface area contributed by atoms with Gasteiger partial charge in [-0.05, 0) is 53.9 Å². The van der Waals surface area contributed by atoms with Gasteiger partial charge in [0.2, 0.25) is 9.84 Å². The molecule has 2 heterocycles. The molecule has 1 aromatic carbocycles. The van der Waals surface area contributed by atoms with Gasteiger partial charge in [-0.15, -0.1) is 0 Å². The number of hydrogen-bond donors (Lipinski definition) is 0. The largest absolute Gasteiger partial charge is 0.497 e. The fourth-order valence-corrected chi connectivity index (χ4v) is 4.43. The monoisotopic (exact) mass is 329 g/mol. The van der Waals surface area contributed by atoms with Crippen molar-refractivity contribution in [3.8, 4) is 5.75 Å². The molecular formula is C18H19NO3S. The number of benzene rings is 1. The summed E-state index contributed by atoms with van der Waals surface area (Å²) in [6.07, 6.45) is 1.79.